The lowest BCUT2D eigenvalue weighted by molar-refractivity contribution is 0.0616. The van der Waals surface area contributed by atoms with Gasteiger partial charge in [-0.2, -0.15) is 5.10 Å². The van der Waals surface area contributed by atoms with Crippen LogP contribution in [0.3, 0.4) is 0 Å². The molecule has 0 saturated heterocycles. The molecule has 0 saturated carbocycles. The molecule has 0 bridgehead atoms. The van der Waals surface area contributed by atoms with Crippen LogP contribution in [0, 0.1) is 0 Å². The Morgan fingerprint density at radius 1 is 1.35 bits per heavy atom. The highest BCUT2D eigenvalue weighted by atomic mass is 127. The van der Waals surface area contributed by atoms with Gasteiger partial charge in [0, 0.05) is 51.8 Å². The summed E-state index contributed by atoms with van der Waals surface area (Å²) < 4.78 is 3.67. The molecule has 0 aliphatic heterocycles. The fraction of sp³-hybridized carbons (Fsp3) is 0.467. The maximum atomic E-state index is 10.5. The van der Waals surface area contributed by atoms with E-state index in [-0.39, 0.29) is 24.0 Å². The van der Waals surface area contributed by atoms with Crippen LogP contribution in [0.15, 0.2) is 35.8 Å². The minimum atomic E-state index is -1.02. The Morgan fingerprint density at radius 2 is 2.09 bits per heavy atom. The van der Waals surface area contributed by atoms with Gasteiger partial charge in [-0.25, -0.2) is 0 Å². The lowest BCUT2D eigenvalue weighted by Gasteiger charge is -2.23. The Bertz CT molecular complexity index is 646. The number of halogens is 1. The number of nitrogens with zero attached hydrogens (tertiary/aromatic N) is 4. The number of nitrogens with one attached hydrogen (secondary N) is 2. The van der Waals surface area contributed by atoms with Gasteiger partial charge in [-0.05, 0) is 18.6 Å². The molecule has 1 unspecified atom stereocenters. The maximum Gasteiger partial charge on any atom is 0.191 e. The zero-order chi connectivity index (χ0) is 16.2. The number of hydrogen-bond acceptors (Lipinski definition) is 3. The highest BCUT2D eigenvalue weighted by Gasteiger charge is 2.24. The predicted octanol–water partition coefficient (Wildman–Crippen LogP) is 0.949. The standard InChI is InChI=1S/C15H24N6O.HI/c1-15(22,13-8-19-21(4)10-13)11-18-14(16-2)17-7-12-5-6-20(3)9-12;/h5-6,8-10,22H,7,11H2,1-4H3,(H2,16,17,18);1H. The Kier molecular flexibility index (Phi) is 7.07. The van der Waals surface area contributed by atoms with Gasteiger partial charge in [0.2, 0.25) is 0 Å². The number of hydrogen-bond donors (Lipinski definition) is 3. The van der Waals surface area contributed by atoms with E-state index in [0.29, 0.717) is 19.0 Å². The summed E-state index contributed by atoms with van der Waals surface area (Å²) in [4.78, 5) is 4.17. The molecule has 0 spiro atoms. The molecule has 2 aromatic heterocycles. The molecule has 8 heteroatoms. The minimum Gasteiger partial charge on any atom is -0.383 e. The summed E-state index contributed by atoms with van der Waals surface area (Å²) in [6, 6.07) is 2.05. The minimum absolute atomic E-state index is 0. The number of aryl methyl sites for hydroxylation is 2. The first kappa shape index (κ1) is 19.5. The second-order valence-electron chi connectivity index (χ2n) is 5.64. The van der Waals surface area contributed by atoms with Crippen LogP contribution < -0.4 is 10.6 Å². The van der Waals surface area contributed by atoms with E-state index in [1.807, 2.05) is 43.3 Å². The normalized spacial score (nSPS) is 14.0. The Hall–Kier alpha value is -1.55. The van der Waals surface area contributed by atoms with Crippen molar-refractivity contribution in [2.45, 2.75) is 19.1 Å². The molecular formula is C15H25IN6O. The Morgan fingerprint density at radius 3 is 2.61 bits per heavy atom. The van der Waals surface area contributed by atoms with Crippen LogP contribution in [-0.4, -0.2) is 39.0 Å². The summed E-state index contributed by atoms with van der Waals surface area (Å²) in [5.41, 5.74) is 0.920. The van der Waals surface area contributed by atoms with E-state index in [4.69, 9.17) is 0 Å². The first-order chi connectivity index (χ1) is 10.4. The Labute approximate surface area is 153 Å². The van der Waals surface area contributed by atoms with E-state index in [0.717, 1.165) is 5.56 Å². The van der Waals surface area contributed by atoms with Crippen molar-refractivity contribution in [2.24, 2.45) is 19.1 Å². The zero-order valence-corrected chi connectivity index (χ0v) is 16.3. The SMILES string of the molecule is CN=C(NCc1ccn(C)c1)NCC(C)(O)c1cnn(C)c1.I. The third-order valence-electron chi connectivity index (χ3n) is 3.50. The zero-order valence-electron chi connectivity index (χ0n) is 13.9. The number of aliphatic imine (C=N–C) groups is 1. The van der Waals surface area contributed by atoms with Crippen LogP contribution in [0.25, 0.3) is 0 Å². The van der Waals surface area contributed by atoms with Gasteiger partial charge in [-0.3, -0.25) is 9.67 Å². The van der Waals surface area contributed by atoms with Crippen molar-refractivity contribution < 1.29 is 5.11 Å². The molecule has 2 heterocycles. The van der Waals surface area contributed by atoms with Crippen LogP contribution >= 0.6 is 24.0 Å². The van der Waals surface area contributed by atoms with Crippen LogP contribution in [0.4, 0.5) is 0 Å². The Balaban J connectivity index is 0.00000264. The maximum absolute atomic E-state index is 10.5. The average Bonchev–Trinajstić information content (AvgIpc) is 3.08. The van der Waals surface area contributed by atoms with E-state index < -0.39 is 5.60 Å². The van der Waals surface area contributed by atoms with Crippen molar-refractivity contribution in [3.8, 4) is 0 Å². The molecule has 0 aliphatic carbocycles. The van der Waals surface area contributed by atoms with E-state index >= 15 is 0 Å². The monoisotopic (exact) mass is 432 g/mol. The third kappa shape index (κ3) is 5.54. The summed E-state index contributed by atoms with van der Waals surface area (Å²) in [6.07, 6.45) is 7.52. The number of guanidine groups is 1. The smallest absolute Gasteiger partial charge is 0.191 e. The second-order valence-corrected chi connectivity index (χ2v) is 5.64. The molecule has 0 aromatic carbocycles. The lowest BCUT2D eigenvalue weighted by Crippen LogP contribution is -2.44. The molecule has 1 atom stereocenters. The fourth-order valence-corrected chi connectivity index (χ4v) is 2.13. The predicted molar refractivity (Wildman–Crippen MR) is 102 cm³/mol. The summed E-state index contributed by atoms with van der Waals surface area (Å²) >= 11 is 0. The molecule has 0 radical (unpaired) electrons. The van der Waals surface area contributed by atoms with Gasteiger partial charge >= 0.3 is 0 Å². The molecule has 2 rings (SSSR count). The highest BCUT2D eigenvalue weighted by Crippen LogP contribution is 2.18. The van der Waals surface area contributed by atoms with Gasteiger partial charge < -0.3 is 20.3 Å². The summed E-state index contributed by atoms with van der Waals surface area (Å²) in [6.45, 7) is 2.77. The van der Waals surface area contributed by atoms with Crippen molar-refractivity contribution in [3.63, 3.8) is 0 Å². The van der Waals surface area contributed by atoms with Crippen molar-refractivity contribution in [1.29, 1.82) is 0 Å². The van der Waals surface area contributed by atoms with Gasteiger partial charge in [0.25, 0.3) is 0 Å². The van der Waals surface area contributed by atoms with Crippen molar-refractivity contribution in [3.05, 3.63) is 42.0 Å². The quantitative estimate of drug-likeness (QED) is 0.374. The molecule has 128 valence electrons. The molecule has 0 aliphatic rings. The van der Waals surface area contributed by atoms with Crippen molar-refractivity contribution in [1.82, 2.24) is 25.0 Å². The average molecular weight is 432 g/mol. The topological polar surface area (TPSA) is 79.4 Å². The molecular weight excluding hydrogens is 407 g/mol. The summed E-state index contributed by atoms with van der Waals surface area (Å²) in [5, 5.41) is 21.0. The molecule has 0 amide bonds. The van der Waals surface area contributed by atoms with E-state index in [9.17, 15) is 5.11 Å². The molecule has 0 fully saturated rings. The lowest BCUT2D eigenvalue weighted by atomic mass is 10.00. The van der Waals surface area contributed by atoms with Crippen molar-refractivity contribution in [2.75, 3.05) is 13.6 Å². The van der Waals surface area contributed by atoms with Gasteiger partial charge in [0.1, 0.15) is 5.60 Å². The molecule has 3 N–H and O–H groups in total. The number of aromatic nitrogens is 3. The van der Waals surface area contributed by atoms with E-state index in [2.05, 4.69) is 20.7 Å². The first-order valence-electron chi connectivity index (χ1n) is 7.17. The number of aliphatic hydroxyl groups is 1. The van der Waals surface area contributed by atoms with Gasteiger partial charge in [0.15, 0.2) is 5.96 Å². The molecule has 7 nitrogen and oxygen atoms in total. The van der Waals surface area contributed by atoms with Crippen LogP contribution in [-0.2, 0) is 26.2 Å². The van der Waals surface area contributed by atoms with Crippen LogP contribution in [0.1, 0.15) is 18.1 Å². The summed E-state index contributed by atoms with van der Waals surface area (Å²) in [5.74, 6) is 0.646. The molecule has 23 heavy (non-hydrogen) atoms. The van der Waals surface area contributed by atoms with E-state index in [1.54, 1.807) is 24.9 Å². The molecule has 2 aromatic rings. The van der Waals surface area contributed by atoms with Crippen LogP contribution in [0.5, 0.6) is 0 Å². The largest absolute Gasteiger partial charge is 0.383 e. The van der Waals surface area contributed by atoms with Gasteiger partial charge in [0.05, 0.1) is 12.7 Å². The first-order valence-corrected chi connectivity index (χ1v) is 7.17. The second kappa shape index (κ2) is 8.34. The fourth-order valence-electron chi connectivity index (χ4n) is 2.13. The van der Waals surface area contributed by atoms with Gasteiger partial charge in [-0.15, -0.1) is 24.0 Å². The number of rotatable bonds is 5. The van der Waals surface area contributed by atoms with Crippen molar-refractivity contribution >= 4 is 29.9 Å². The third-order valence-corrected chi connectivity index (χ3v) is 3.50. The van der Waals surface area contributed by atoms with Gasteiger partial charge in [-0.1, -0.05) is 0 Å². The summed E-state index contributed by atoms with van der Waals surface area (Å²) in [7, 11) is 5.52. The van der Waals surface area contributed by atoms with E-state index in [1.165, 1.54) is 5.56 Å². The highest BCUT2D eigenvalue weighted by molar-refractivity contribution is 14.0. The van der Waals surface area contributed by atoms with Crippen LogP contribution in [0.2, 0.25) is 0 Å².